The monoisotopic (exact) mass is 241 g/mol. The Hall–Kier alpha value is -0.610. The van der Waals surface area contributed by atoms with Crippen LogP contribution in [0.2, 0.25) is 0 Å². The van der Waals surface area contributed by atoms with Crippen molar-refractivity contribution in [2.24, 2.45) is 5.73 Å². The first kappa shape index (κ1) is 14.5. The molecule has 0 saturated carbocycles. The molecule has 1 heterocycles. The van der Waals surface area contributed by atoms with E-state index in [9.17, 15) is 4.79 Å². The van der Waals surface area contributed by atoms with Crippen LogP contribution < -0.4 is 5.73 Å². The van der Waals surface area contributed by atoms with Crippen LogP contribution in [-0.4, -0.2) is 54.0 Å². The van der Waals surface area contributed by atoms with Gasteiger partial charge >= 0.3 is 0 Å². The Morgan fingerprint density at radius 1 is 1.41 bits per heavy atom. The van der Waals surface area contributed by atoms with E-state index in [0.717, 1.165) is 13.1 Å². The summed E-state index contributed by atoms with van der Waals surface area (Å²) >= 11 is 0. The fraction of sp³-hybridized carbons (Fsp3) is 0.923. The van der Waals surface area contributed by atoms with Crippen LogP contribution in [0.25, 0.3) is 0 Å². The molecule has 1 amide bonds. The van der Waals surface area contributed by atoms with Crippen LogP contribution >= 0.6 is 0 Å². The molecule has 4 nitrogen and oxygen atoms in total. The highest BCUT2D eigenvalue weighted by Crippen LogP contribution is 2.17. The smallest absolute Gasteiger partial charge is 0.239 e. The maximum Gasteiger partial charge on any atom is 0.239 e. The van der Waals surface area contributed by atoms with Gasteiger partial charge in [-0.25, -0.2) is 0 Å². The third-order valence-corrected chi connectivity index (χ3v) is 3.62. The number of nitrogens with zero attached hydrogens (tertiary/aromatic N) is 2. The lowest BCUT2D eigenvalue weighted by Gasteiger charge is -2.38. The number of hydrogen-bond donors (Lipinski definition) is 1. The molecule has 2 atom stereocenters. The Morgan fingerprint density at radius 3 is 2.53 bits per heavy atom. The van der Waals surface area contributed by atoms with Gasteiger partial charge in [0.15, 0.2) is 0 Å². The van der Waals surface area contributed by atoms with Crippen molar-refractivity contribution < 1.29 is 4.79 Å². The Morgan fingerprint density at radius 2 is 2.06 bits per heavy atom. The van der Waals surface area contributed by atoms with Crippen molar-refractivity contribution in [2.75, 3.05) is 20.1 Å². The van der Waals surface area contributed by atoms with E-state index in [1.807, 2.05) is 4.90 Å². The van der Waals surface area contributed by atoms with Crippen LogP contribution in [0.3, 0.4) is 0 Å². The van der Waals surface area contributed by atoms with E-state index >= 15 is 0 Å². The first-order valence-electron chi connectivity index (χ1n) is 6.69. The van der Waals surface area contributed by atoms with Crippen molar-refractivity contribution in [1.29, 1.82) is 0 Å². The van der Waals surface area contributed by atoms with Gasteiger partial charge in [-0.05, 0) is 47.2 Å². The van der Waals surface area contributed by atoms with Crippen LogP contribution in [0, 0.1) is 0 Å². The molecule has 0 aromatic heterocycles. The number of nitrogens with two attached hydrogens (primary N) is 1. The number of carbonyl (C=O) groups is 1. The number of carbonyl (C=O) groups excluding carboxylic acids is 1. The third kappa shape index (κ3) is 3.96. The van der Waals surface area contributed by atoms with Gasteiger partial charge in [0.2, 0.25) is 5.91 Å². The van der Waals surface area contributed by atoms with Gasteiger partial charge in [0.1, 0.15) is 0 Å². The lowest BCUT2D eigenvalue weighted by atomic mass is 10.0. The van der Waals surface area contributed by atoms with Gasteiger partial charge in [-0.3, -0.25) is 4.79 Å². The van der Waals surface area contributed by atoms with Gasteiger partial charge in [-0.2, -0.15) is 0 Å². The number of rotatable bonds is 4. The lowest BCUT2D eigenvalue weighted by Crippen LogP contribution is -2.52. The van der Waals surface area contributed by atoms with Gasteiger partial charge < -0.3 is 15.5 Å². The van der Waals surface area contributed by atoms with Crippen LogP contribution in [0.15, 0.2) is 0 Å². The molecule has 0 aromatic carbocycles. The predicted molar refractivity (Wildman–Crippen MR) is 70.8 cm³/mol. The summed E-state index contributed by atoms with van der Waals surface area (Å²) in [6, 6.07) is 0.323. The van der Waals surface area contributed by atoms with E-state index in [1.165, 1.54) is 19.3 Å². The zero-order chi connectivity index (χ0) is 13.0. The molecule has 4 heteroatoms. The second-order valence-electron chi connectivity index (χ2n) is 5.50. The molecule has 0 aromatic rings. The molecule has 1 rings (SSSR count). The fourth-order valence-corrected chi connectivity index (χ4v) is 2.42. The Balaban J connectivity index is 2.62. The van der Waals surface area contributed by atoms with Gasteiger partial charge in [0.25, 0.3) is 0 Å². The van der Waals surface area contributed by atoms with Crippen molar-refractivity contribution in [3.8, 4) is 0 Å². The normalized spacial score (nSPS) is 23.8. The highest BCUT2D eigenvalue weighted by atomic mass is 16.2. The first-order valence-corrected chi connectivity index (χ1v) is 6.69. The molecule has 0 spiro atoms. The van der Waals surface area contributed by atoms with Crippen LogP contribution in [0.4, 0.5) is 0 Å². The summed E-state index contributed by atoms with van der Waals surface area (Å²) in [5.74, 6) is 0.0685. The van der Waals surface area contributed by atoms with Gasteiger partial charge in [-0.15, -0.1) is 0 Å². The highest BCUT2D eigenvalue weighted by Gasteiger charge is 2.26. The Labute approximate surface area is 105 Å². The minimum atomic E-state index is -0.397. The molecule has 0 aliphatic carbocycles. The second-order valence-corrected chi connectivity index (χ2v) is 5.50. The van der Waals surface area contributed by atoms with E-state index in [1.54, 1.807) is 6.92 Å². The molecule has 0 bridgehead atoms. The predicted octanol–water partition coefficient (Wildman–Crippen LogP) is 1.05. The summed E-state index contributed by atoms with van der Waals surface area (Å²) in [4.78, 5) is 16.3. The molecule has 1 saturated heterocycles. The molecule has 0 radical (unpaired) electrons. The molecule has 1 aliphatic rings. The van der Waals surface area contributed by atoms with E-state index in [-0.39, 0.29) is 11.9 Å². The number of amides is 1. The summed E-state index contributed by atoms with van der Waals surface area (Å²) in [7, 11) is 2.15. The summed E-state index contributed by atoms with van der Waals surface area (Å²) in [5.41, 5.74) is 5.71. The number of likely N-dealkylation sites (N-methyl/N-ethyl adjacent to an activating group) is 1. The topological polar surface area (TPSA) is 49.6 Å². The SMILES string of the molecule is CC(C)N(C[C@@H]1CCCCN1C)C(=O)[C@H](C)N. The van der Waals surface area contributed by atoms with Crippen LogP contribution in [-0.2, 0) is 4.79 Å². The van der Waals surface area contributed by atoms with Gasteiger partial charge in [-0.1, -0.05) is 6.42 Å². The summed E-state index contributed by atoms with van der Waals surface area (Å²) < 4.78 is 0. The first-order chi connectivity index (χ1) is 7.93. The standard InChI is InChI=1S/C13H27N3O/c1-10(2)16(13(17)11(3)14)9-12-7-5-6-8-15(12)4/h10-12H,5-9,14H2,1-4H3/t11-,12-/m0/s1. The van der Waals surface area contributed by atoms with Crippen molar-refractivity contribution >= 4 is 5.91 Å². The van der Waals surface area contributed by atoms with E-state index in [4.69, 9.17) is 5.73 Å². The quantitative estimate of drug-likeness (QED) is 0.800. The number of likely N-dealkylation sites (tertiary alicyclic amines) is 1. The molecule has 2 N–H and O–H groups in total. The third-order valence-electron chi connectivity index (χ3n) is 3.62. The lowest BCUT2D eigenvalue weighted by molar-refractivity contribution is -0.135. The van der Waals surface area contributed by atoms with Crippen molar-refractivity contribution in [2.45, 2.75) is 58.2 Å². The van der Waals surface area contributed by atoms with Crippen molar-refractivity contribution in [1.82, 2.24) is 9.80 Å². The molecule has 100 valence electrons. The van der Waals surface area contributed by atoms with E-state index < -0.39 is 6.04 Å². The number of piperidine rings is 1. The van der Waals surface area contributed by atoms with E-state index in [2.05, 4.69) is 25.8 Å². The van der Waals surface area contributed by atoms with Gasteiger partial charge in [0, 0.05) is 18.6 Å². The summed E-state index contributed by atoms with van der Waals surface area (Å²) in [5, 5.41) is 0. The van der Waals surface area contributed by atoms with E-state index in [0.29, 0.717) is 6.04 Å². The molecular weight excluding hydrogens is 214 g/mol. The Bertz CT molecular complexity index is 253. The zero-order valence-corrected chi connectivity index (χ0v) is 11.6. The van der Waals surface area contributed by atoms with Crippen LogP contribution in [0.1, 0.15) is 40.0 Å². The maximum atomic E-state index is 12.0. The molecular formula is C13H27N3O. The van der Waals surface area contributed by atoms with Gasteiger partial charge in [0.05, 0.1) is 6.04 Å². The summed E-state index contributed by atoms with van der Waals surface area (Å²) in [6.45, 7) is 7.84. The Kier molecular flexibility index (Phi) is 5.40. The molecule has 17 heavy (non-hydrogen) atoms. The average molecular weight is 241 g/mol. The molecule has 0 unspecified atom stereocenters. The molecule has 1 fully saturated rings. The minimum absolute atomic E-state index is 0.0685. The second kappa shape index (κ2) is 6.36. The maximum absolute atomic E-state index is 12.0. The highest BCUT2D eigenvalue weighted by molar-refractivity contribution is 5.81. The largest absolute Gasteiger partial charge is 0.337 e. The minimum Gasteiger partial charge on any atom is -0.337 e. The average Bonchev–Trinajstić information content (AvgIpc) is 2.26. The fourth-order valence-electron chi connectivity index (χ4n) is 2.42. The van der Waals surface area contributed by atoms with Crippen molar-refractivity contribution in [3.63, 3.8) is 0 Å². The zero-order valence-electron chi connectivity index (χ0n) is 11.6. The van der Waals surface area contributed by atoms with Crippen LogP contribution in [0.5, 0.6) is 0 Å². The van der Waals surface area contributed by atoms with Crippen molar-refractivity contribution in [3.05, 3.63) is 0 Å². The summed E-state index contributed by atoms with van der Waals surface area (Å²) in [6.07, 6.45) is 3.73. The molecule has 1 aliphatic heterocycles. The number of hydrogen-bond acceptors (Lipinski definition) is 3.